The van der Waals surface area contributed by atoms with Crippen LogP contribution in [0.5, 0.6) is 5.75 Å². The molecule has 1 rings (SSSR count). The molecule has 0 radical (unpaired) electrons. The number of aliphatic hydroxyl groups excluding tert-OH is 2. The van der Waals surface area contributed by atoms with Gasteiger partial charge in [0.2, 0.25) is 0 Å². The van der Waals surface area contributed by atoms with Gasteiger partial charge in [0.05, 0.1) is 24.9 Å². The molecule has 112 valence electrons. The Morgan fingerprint density at radius 2 is 1.80 bits per heavy atom. The molecule has 0 atom stereocenters. The van der Waals surface area contributed by atoms with Gasteiger partial charge in [-0.2, -0.15) is 0 Å². The predicted octanol–water partition coefficient (Wildman–Crippen LogP) is 1.34. The van der Waals surface area contributed by atoms with Crippen molar-refractivity contribution in [1.82, 2.24) is 5.32 Å². The Labute approximate surface area is 119 Å². The average molecular weight is 281 g/mol. The molecule has 3 N–H and O–H groups in total. The molecule has 1 aromatic carbocycles. The van der Waals surface area contributed by atoms with Crippen molar-refractivity contribution in [3.63, 3.8) is 0 Å². The van der Waals surface area contributed by atoms with Gasteiger partial charge in [-0.25, -0.2) is 0 Å². The number of aliphatic hydroxyl groups is 2. The molecular weight excluding hydrogens is 258 g/mol. The molecular formula is C15H23NO4. The Bertz CT molecular complexity index is 416. The van der Waals surface area contributed by atoms with Gasteiger partial charge in [-0.3, -0.25) is 4.79 Å². The fraction of sp³-hybridized carbons (Fsp3) is 0.533. The number of nitrogens with one attached hydrogen (secondary N) is 1. The maximum atomic E-state index is 12.1. The smallest absolute Gasteiger partial charge is 0.251 e. The highest BCUT2D eigenvalue weighted by Crippen LogP contribution is 2.15. The molecule has 5 nitrogen and oxygen atoms in total. The lowest BCUT2D eigenvalue weighted by molar-refractivity contribution is 0.0653. The number of benzene rings is 1. The molecule has 5 heteroatoms. The van der Waals surface area contributed by atoms with Crippen LogP contribution in [0, 0.1) is 0 Å². The van der Waals surface area contributed by atoms with E-state index in [9.17, 15) is 15.0 Å². The van der Waals surface area contributed by atoms with Crippen molar-refractivity contribution in [3.05, 3.63) is 29.8 Å². The van der Waals surface area contributed by atoms with Crippen molar-refractivity contribution >= 4 is 5.91 Å². The Morgan fingerprint density at radius 3 is 2.20 bits per heavy atom. The second kappa shape index (κ2) is 7.26. The van der Waals surface area contributed by atoms with Gasteiger partial charge >= 0.3 is 0 Å². The van der Waals surface area contributed by atoms with Crippen LogP contribution < -0.4 is 10.1 Å². The Kier molecular flexibility index (Phi) is 5.98. The maximum Gasteiger partial charge on any atom is 0.251 e. The third-order valence-electron chi connectivity index (χ3n) is 3.15. The highest BCUT2D eigenvalue weighted by atomic mass is 16.5. The second-order valence-corrected chi connectivity index (χ2v) is 5.10. The van der Waals surface area contributed by atoms with E-state index in [-0.39, 0.29) is 25.2 Å². The van der Waals surface area contributed by atoms with Crippen LogP contribution in [0.1, 0.15) is 37.6 Å². The van der Waals surface area contributed by atoms with Crippen LogP contribution in [0.15, 0.2) is 24.3 Å². The van der Waals surface area contributed by atoms with Gasteiger partial charge in [-0.1, -0.05) is 6.92 Å². The predicted molar refractivity (Wildman–Crippen MR) is 76.9 cm³/mol. The molecule has 1 aromatic rings. The monoisotopic (exact) mass is 281 g/mol. The van der Waals surface area contributed by atoms with Gasteiger partial charge in [0, 0.05) is 5.56 Å². The largest absolute Gasteiger partial charge is 0.491 e. The van der Waals surface area contributed by atoms with Gasteiger partial charge in [-0.05, 0) is 44.5 Å². The topological polar surface area (TPSA) is 78.8 Å². The zero-order chi connectivity index (χ0) is 15.2. The number of amides is 1. The summed E-state index contributed by atoms with van der Waals surface area (Å²) in [6.45, 7) is 5.05. The average Bonchev–Trinajstić information content (AvgIpc) is 2.45. The first-order chi connectivity index (χ1) is 9.46. The van der Waals surface area contributed by atoms with Gasteiger partial charge in [0.15, 0.2) is 0 Å². The van der Waals surface area contributed by atoms with E-state index in [0.717, 1.165) is 0 Å². The summed E-state index contributed by atoms with van der Waals surface area (Å²) >= 11 is 0. The molecule has 1 amide bonds. The van der Waals surface area contributed by atoms with Crippen molar-refractivity contribution in [2.45, 2.75) is 38.8 Å². The van der Waals surface area contributed by atoms with E-state index < -0.39 is 5.54 Å². The van der Waals surface area contributed by atoms with Crippen molar-refractivity contribution in [3.8, 4) is 5.75 Å². The van der Waals surface area contributed by atoms with E-state index in [1.54, 1.807) is 31.2 Å². The van der Waals surface area contributed by atoms with Crippen molar-refractivity contribution in [2.75, 3.05) is 13.2 Å². The van der Waals surface area contributed by atoms with Crippen LogP contribution in [0.3, 0.4) is 0 Å². The molecule has 0 heterocycles. The van der Waals surface area contributed by atoms with Crippen molar-refractivity contribution in [2.24, 2.45) is 0 Å². The first-order valence-electron chi connectivity index (χ1n) is 6.77. The third kappa shape index (κ3) is 4.21. The summed E-state index contributed by atoms with van der Waals surface area (Å²) in [7, 11) is 0. The van der Waals surface area contributed by atoms with E-state index in [0.29, 0.717) is 17.7 Å². The second-order valence-electron chi connectivity index (χ2n) is 5.10. The van der Waals surface area contributed by atoms with E-state index in [4.69, 9.17) is 4.74 Å². The lowest BCUT2D eigenvalue weighted by atomic mass is 9.98. The zero-order valence-corrected chi connectivity index (χ0v) is 12.2. The quantitative estimate of drug-likeness (QED) is 0.704. The number of carbonyl (C=O) groups excluding carboxylic acids is 1. The summed E-state index contributed by atoms with van der Waals surface area (Å²) in [5.74, 6) is 0.369. The molecule has 0 aromatic heterocycles. The van der Waals surface area contributed by atoms with Crippen LogP contribution in [-0.2, 0) is 0 Å². The van der Waals surface area contributed by atoms with E-state index in [1.165, 1.54) is 0 Å². The van der Waals surface area contributed by atoms with Crippen LogP contribution in [-0.4, -0.2) is 41.0 Å². The highest BCUT2D eigenvalue weighted by Gasteiger charge is 2.28. The van der Waals surface area contributed by atoms with Gasteiger partial charge in [0.1, 0.15) is 5.75 Å². The summed E-state index contributed by atoms with van der Waals surface area (Å²) in [6, 6.07) is 6.76. The normalized spacial score (nSPS) is 11.5. The van der Waals surface area contributed by atoms with Crippen LogP contribution in [0.4, 0.5) is 0 Å². The Hall–Kier alpha value is -1.59. The summed E-state index contributed by atoms with van der Waals surface area (Å²) in [5, 5.41) is 21.3. The highest BCUT2D eigenvalue weighted by molar-refractivity contribution is 5.94. The molecule has 0 aliphatic heterocycles. The minimum Gasteiger partial charge on any atom is -0.491 e. The SMILES string of the molecule is CCC(CO)(CO)NC(=O)c1ccc(OC(C)C)cc1. The maximum absolute atomic E-state index is 12.1. The van der Waals surface area contributed by atoms with Gasteiger partial charge in [0.25, 0.3) is 5.91 Å². The molecule has 0 spiro atoms. The van der Waals surface area contributed by atoms with Crippen LogP contribution in [0.2, 0.25) is 0 Å². The Balaban J connectivity index is 2.77. The van der Waals surface area contributed by atoms with E-state index in [1.807, 2.05) is 13.8 Å². The first-order valence-corrected chi connectivity index (χ1v) is 6.77. The summed E-state index contributed by atoms with van der Waals surface area (Å²) < 4.78 is 5.50. The summed E-state index contributed by atoms with van der Waals surface area (Å²) in [5.41, 5.74) is -0.523. The minimum atomic E-state index is -0.982. The van der Waals surface area contributed by atoms with Gasteiger partial charge < -0.3 is 20.3 Å². The van der Waals surface area contributed by atoms with E-state index in [2.05, 4.69) is 5.32 Å². The molecule has 0 fully saturated rings. The molecule has 20 heavy (non-hydrogen) atoms. The molecule has 0 unspecified atom stereocenters. The zero-order valence-electron chi connectivity index (χ0n) is 12.2. The van der Waals surface area contributed by atoms with Crippen molar-refractivity contribution in [1.29, 1.82) is 0 Å². The first kappa shape index (κ1) is 16.5. The fourth-order valence-corrected chi connectivity index (χ4v) is 1.71. The number of rotatable bonds is 7. The lowest BCUT2D eigenvalue weighted by Gasteiger charge is -2.29. The lowest BCUT2D eigenvalue weighted by Crippen LogP contribution is -2.53. The number of carbonyl (C=O) groups is 1. The van der Waals surface area contributed by atoms with Gasteiger partial charge in [-0.15, -0.1) is 0 Å². The molecule has 0 saturated carbocycles. The number of hydrogen-bond donors (Lipinski definition) is 3. The fourth-order valence-electron chi connectivity index (χ4n) is 1.71. The molecule has 0 aliphatic carbocycles. The van der Waals surface area contributed by atoms with Crippen LogP contribution >= 0.6 is 0 Å². The van der Waals surface area contributed by atoms with E-state index >= 15 is 0 Å². The number of hydrogen-bond acceptors (Lipinski definition) is 4. The van der Waals surface area contributed by atoms with Crippen molar-refractivity contribution < 1.29 is 19.7 Å². The summed E-state index contributed by atoms with van der Waals surface area (Å²) in [6.07, 6.45) is 0.520. The summed E-state index contributed by atoms with van der Waals surface area (Å²) in [4.78, 5) is 12.1. The number of ether oxygens (including phenoxy) is 1. The standard InChI is InChI=1S/C15H23NO4/c1-4-15(9-17,10-18)16-14(19)12-5-7-13(8-6-12)20-11(2)3/h5-8,11,17-18H,4,9-10H2,1-3H3,(H,16,19). The van der Waals surface area contributed by atoms with Crippen LogP contribution in [0.25, 0.3) is 0 Å². The molecule has 0 aliphatic rings. The third-order valence-corrected chi connectivity index (χ3v) is 3.15. The Morgan fingerprint density at radius 1 is 1.25 bits per heavy atom. The molecule has 0 saturated heterocycles. The molecule has 0 bridgehead atoms. The minimum absolute atomic E-state index is 0.0752.